The number of rotatable bonds is 5. The van der Waals surface area contributed by atoms with Gasteiger partial charge in [0.25, 0.3) is 15.9 Å². The molecule has 3 aromatic rings. The maximum absolute atomic E-state index is 13.9. The molecule has 0 atom stereocenters. The van der Waals surface area contributed by atoms with Crippen LogP contribution in [0.2, 0.25) is 0 Å². The summed E-state index contributed by atoms with van der Waals surface area (Å²) in [6, 6.07) is 18.2. The Morgan fingerprint density at radius 1 is 0.909 bits per heavy atom. The van der Waals surface area contributed by atoms with Gasteiger partial charge in [-0.1, -0.05) is 30.3 Å². The van der Waals surface area contributed by atoms with Gasteiger partial charge in [-0.25, -0.2) is 12.8 Å². The van der Waals surface area contributed by atoms with Crippen molar-refractivity contribution in [2.24, 2.45) is 0 Å². The molecule has 1 fully saturated rings. The molecular formula is C25H26FN3O3S. The number of aryl methyl sites for hydroxylation is 2. The topological polar surface area (TPSA) is 69.7 Å². The molecule has 1 N–H and O–H groups in total. The molecule has 33 heavy (non-hydrogen) atoms. The van der Waals surface area contributed by atoms with E-state index >= 15 is 0 Å². The van der Waals surface area contributed by atoms with E-state index in [-0.39, 0.29) is 16.5 Å². The van der Waals surface area contributed by atoms with E-state index in [4.69, 9.17) is 0 Å². The number of nitrogens with zero attached hydrogens (tertiary/aromatic N) is 2. The highest BCUT2D eigenvalue weighted by molar-refractivity contribution is 7.92. The Balaban J connectivity index is 1.51. The highest BCUT2D eigenvalue weighted by Gasteiger charge is 2.25. The standard InChI is InChI=1S/C25H26FN3O3S/c1-18-6-5-7-20(16-18)28-12-14-29(15-13-28)25(30)22-17-21(11-10-19(22)2)33(31,32)27-24-9-4-3-8-23(24)26/h3-11,16-17,27H,12-15H2,1-2H3. The summed E-state index contributed by atoms with van der Waals surface area (Å²) in [6.07, 6.45) is 0. The summed E-state index contributed by atoms with van der Waals surface area (Å²) in [6.45, 7) is 6.29. The number of hydrogen-bond donors (Lipinski definition) is 1. The highest BCUT2D eigenvalue weighted by atomic mass is 32.2. The molecule has 4 rings (SSSR count). The number of piperazine rings is 1. The first-order valence-electron chi connectivity index (χ1n) is 10.7. The van der Waals surface area contributed by atoms with Crippen molar-refractivity contribution >= 4 is 27.3 Å². The van der Waals surface area contributed by atoms with Crippen molar-refractivity contribution in [3.8, 4) is 0 Å². The molecule has 0 bridgehead atoms. The smallest absolute Gasteiger partial charge is 0.262 e. The molecule has 0 aromatic heterocycles. The average Bonchev–Trinajstić information content (AvgIpc) is 2.80. The molecule has 3 aromatic carbocycles. The average molecular weight is 468 g/mol. The molecule has 0 saturated carbocycles. The summed E-state index contributed by atoms with van der Waals surface area (Å²) in [5.41, 5.74) is 3.19. The third kappa shape index (κ3) is 5.01. The van der Waals surface area contributed by atoms with E-state index in [0.717, 1.165) is 5.69 Å². The first-order chi connectivity index (χ1) is 15.7. The minimum atomic E-state index is -4.06. The van der Waals surface area contributed by atoms with E-state index in [1.165, 1.54) is 35.9 Å². The lowest BCUT2D eigenvalue weighted by Crippen LogP contribution is -2.49. The van der Waals surface area contributed by atoms with Crippen molar-refractivity contribution in [1.82, 2.24) is 4.90 Å². The largest absolute Gasteiger partial charge is 0.368 e. The zero-order valence-electron chi connectivity index (χ0n) is 18.6. The van der Waals surface area contributed by atoms with Gasteiger partial charge in [-0.05, 0) is 61.4 Å². The van der Waals surface area contributed by atoms with Gasteiger partial charge in [0, 0.05) is 37.4 Å². The zero-order chi connectivity index (χ0) is 23.6. The number of carbonyl (C=O) groups excluding carboxylic acids is 1. The molecule has 0 aliphatic carbocycles. The third-order valence-corrected chi connectivity index (χ3v) is 7.16. The number of anilines is 2. The van der Waals surface area contributed by atoms with Gasteiger partial charge in [0.1, 0.15) is 5.82 Å². The van der Waals surface area contributed by atoms with Crippen LogP contribution >= 0.6 is 0 Å². The van der Waals surface area contributed by atoms with Crippen LogP contribution in [0, 0.1) is 19.7 Å². The lowest BCUT2D eigenvalue weighted by atomic mass is 10.1. The SMILES string of the molecule is Cc1cccc(N2CCN(C(=O)c3cc(S(=O)(=O)Nc4ccccc4F)ccc3C)CC2)c1. The molecule has 1 heterocycles. The fraction of sp³-hybridized carbons (Fsp3) is 0.240. The molecule has 1 amide bonds. The first kappa shape index (κ1) is 22.8. The van der Waals surface area contributed by atoms with Crippen LogP contribution < -0.4 is 9.62 Å². The summed E-state index contributed by atoms with van der Waals surface area (Å²) < 4.78 is 41.9. The number of sulfonamides is 1. The van der Waals surface area contributed by atoms with Crippen molar-refractivity contribution in [3.63, 3.8) is 0 Å². The summed E-state index contributed by atoms with van der Waals surface area (Å²) in [7, 11) is -4.06. The Bertz CT molecular complexity index is 1290. The number of halogens is 1. The number of hydrogen-bond acceptors (Lipinski definition) is 4. The van der Waals surface area contributed by atoms with Gasteiger partial charge in [-0.2, -0.15) is 0 Å². The van der Waals surface area contributed by atoms with E-state index < -0.39 is 15.8 Å². The van der Waals surface area contributed by atoms with Crippen LogP contribution in [0.3, 0.4) is 0 Å². The molecule has 8 heteroatoms. The predicted molar refractivity (Wildman–Crippen MR) is 128 cm³/mol. The summed E-state index contributed by atoms with van der Waals surface area (Å²) in [5.74, 6) is -0.879. The lowest BCUT2D eigenvalue weighted by molar-refractivity contribution is 0.0746. The zero-order valence-corrected chi connectivity index (χ0v) is 19.4. The molecule has 6 nitrogen and oxygen atoms in total. The van der Waals surface area contributed by atoms with Crippen molar-refractivity contribution in [2.45, 2.75) is 18.7 Å². The van der Waals surface area contributed by atoms with Crippen LogP contribution in [0.15, 0.2) is 71.6 Å². The highest BCUT2D eigenvalue weighted by Crippen LogP contribution is 2.23. The van der Waals surface area contributed by atoms with Crippen LogP contribution in [-0.4, -0.2) is 45.4 Å². The summed E-state index contributed by atoms with van der Waals surface area (Å²) >= 11 is 0. The minimum Gasteiger partial charge on any atom is -0.368 e. The molecule has 0 radical (unpaired) electrons. The van der Waals surface area contributed by atoms with Gasteiger partial charge >= 0.3 is 0 Å². The van der Waals surface area contributed by atoms with Crippen LogP contribution in [0.25, 0.3) is 0 Å². The maximum Gasteiger partial charge on any atom is 0.262 e. The molecule has 1 aliphatic heterocycles. The van der Waals surface area contributed by atoms with Crippen LogP contribution in [0.5, 0.6) is 0 Å². The fourth-order valence-electron chi connectivity index (χ4n) is 3.91. The van der Waals surface area contributed by atoms with Gasteiger partial charge in [0.2, 0.25) is 0 Å². The third-order valence-electron chi connectivity index (χ3n) is 5.80. The second-order valence-corrected chi connectivity index (χ2v) is 9.86. The quantitative estimate of drug-likeness (QED) is 0.611. The number of benzene rings is 3. The second-order valence-electron chi connectivity index (χ2n) is 8.18. The van der Waals surface area contributed by atoms with Gasteiger partial charge in [0.05, 0.1) is 10.6 Å². The van der Waals surface area contributed by atoms with Gasteiger partial charge in [-0.15, -0.1) is 0 Å². The van der Waals surface area contributed by atoms with Gasteiger partial charge < -0.3 is 9.80 Å². The minimum absolute atomic E-state index is 0.0851. The number of amides is 1. The van der Waals surface area contributed by atoms with Gasteiger partial charge in [-0.3, -0.25) is 9.52 Å². The monoisotopic (exact) mass is 467 g/mol. The van der Waals surface area contributed by atoms with Gasteiger partial charge in [0.15, 0.2) is 0 Å². The van der Waals surface area contributed by atoms with Crippen molar-refractivity contribution < 1.29 is 17.6 Å². The lowest BCUT2D eigenvalue weighted by Gasteiger charge is -2.36. The van der Waals surface area contributed by atoms with Crippen LogP contribution in [0.4, 0.5) is 15.8 Å². The van der Waals surface area contributed by atoms with Crippen molar-refractivity contribution in [3.05, 3.63) is 89.2 Å². The Morgan fingerprint density at radius 2 is 1.64 bits per heavy atom. The van der Waals surface area contributed by atoms with E-state index in [1.807, 2.05) is 19.1 Å². The Labute approximate surface area is 193 Å². The van der Waals surface area contributed by atoms with Crippen LogP contribution in [0.1, 0.15) is 21.5 Å². The molecular weight excluding hydrogens is 441 g/mol. The van der Waals surface area contributed by atoms with Crippen molar-refractivity contribution in [2.75, 3.05) is 35.8 Å². The van der Waals surface area contributed by atoms with E-state index in [2.05, 4.69) is 21.8 Å². The number of para-hydroxylation sites is 1. The summed E-state index contributed by atoms with van der Waals surface area (Å²) in [5, 5.41) is 0. The van der Waals surface area contributed by atoms with E-state index in [0.29, 0.717) is 37.3 Å². The normalized spacial score (nSPS) is 14.3. The second kappa shape index (κ2) is 9.23. The van der Waals surface area contributed by atoms with E-state index in [1.54, 1.807) is 24.0 Å². The summed E-state index contributed by atoms with van der Waals surface area (Å²) in [4.78, 5) is 17.1. The molecule has 0 spiro atoms. The Hall–Kier alpha value is -3.39. The Morgan fingerprint density at radius 3 is 2.33 bits per heavy atom. The molecule has 0 unspecified atom stereocenters. The van der Waals surface area contributed by atoms with Crippen LogP contribution in [-0.2, 0) is 10.0 Å². The molecule has 1 aliphatic rings. The maximum atomic E-state index is 13.9. The number of nitrogens with one attached hydrogen (secondary N) is 1. The Kier molecular flexibility index (Phi) is 6.37. The fourth-order valence-corrected chi connectivity index (χ4v) is 5.00. The predicted octanol–water partition coefficient (Wildman–Crippen LogP) is 4.21. The first-order valence-corrected chi connectivity index (χ1v) is 12.2. The molecule has 1 saturated heterocycles. The van der Waals surface area contributed by atoms with E-state index in [9.17, 15) is 17.6 Å². The molecule has 172 valence electrons. The van der Waals surface area contributed by atoms with Crippen molar-refractivity contribution in [1.29, 1.82) is 0 Å². The number of carbonyl (C=O) groups is 1.